The molecule has 0 unspecified atom stereocenters. The quantitative estimate of drug-likeness (QED) is 0.869. The van der Waals surface area contributed by atoms with Gasteiger partial charge in [-0.2, -0.15) is 0 Å². The van der Waals surface area contributed by atoms with Crippen molar-refractivity contribution in [2.24, 2.45) is 0 Å². The van der Waals surface area contributed by atoms with Crippen molar-refractivity contribution >= 4 is 11.6 Å². The third-order valence-corrected chi connectivity index (χ3v) is 3.13. The molecule has 3 heteroatoms. The summed E-state index contributed by atoms with van der Waals surface area (Å²) in [5, 5.41) is 2.80. The second-order valence-corrected chi connectivity index (χ2v) is 5.10. The zero-order valence-corrected chi connectivity index (χ0v) is 12.1. The van der Waals surface area contributed by atoms with Crippen molar-refractivity contribution < 1.29 is 9.18 Å². The van der Waals surface area contributed by atoms with Gasteiger partial charge in [0, 0.05) is 11.3 Å². The van der Waals surface area contributed by atoms with Crippen LogP contribution in [0.4, 0.5) is 10.1 Å². The van der Waals surface area contributed by atoms with E-state index in [-0.39, 0.29) is 17.6 Å². The molecule has 1 aromatic carbocycles. The first kappa shape index (κ1) is 15.0. The molecule has 1 aliphatic carbocycles. The van der Waals surface area contributed by atoms with Crippen molar-refractivity contribution in [3.8, 4) is 0 Å². The molecule has 0 spiro atoms. The van der Waals surface area contributed by atoms with Crippen LogP contribution < -0.4 is 5.32 Å². The van der Waals surface area contributed by atoms with E-state index >= 15 is 0 Å². The Kier molecular flexibility index (Phi) is 4.88. The summed E-state index contributed by atoms with van der Waals surface area (Å²) in [4.78, 5) is 12.2. The lowest BCUT2D eigenvalue weighted by atomic mass is 10.0. The topological polar surface area (TPSA) is 29.1 Å². The van der Waals surface area contributed by atoms with E-state index in [2.05, 4.69) is 5.32 Å². The fourth-order valence-corrected chi connectivity index (χ4v) is 1.99. The minimum absolute atomic E-state index is 0.0652. The first-order valence-corrected chi connectivity index (χ1v) is 6.90. The van der Waals surface area contributed by atoms with Gasteiger partial charge in [-0.3, -0.25) is 4.79 Å². The number of carbonyl (C=O) groups is 1. The molecule has 0 saturated carbocycles. The van der Waals surface area contributed by atoms with Gasteiger partial charge >= 0.3 is 0 Å². The maximum Gasteiger partial charge on any atom is 0.255 e. The number of rotatable bonds is 3. The highest BCUT2D eigenvalue weighted by Crippen LogP contribution is 2.22. The highest BCUT2D eigenvalue weighted by molar-refractivity contribution is 6.06. The van der Waals surface area contributed by atoms with Crippen LogP contribution in [0.1, 0.15) is 25.3 Å². The van der Waals surface area contributed by atoms with Crippen molar-refractivity contribution in [1.82, 2.24) is 0 Å². The van der Waals surface area contributed by atoms with E-state index in [0.29, 0.717) is 16.8 Å². The van der Waals surface area contributed by atoms with Gasteiger partial charge in [-0.05, 0) is 41.8 Å². The van der Waals surface area contributed by atoms with Crippen LogP contribution in [0.25, 0.3) is 0 Å². The largest absolute Gasteiger partial charge is 0.322 e. The third-order valence-electron chi connectivity index (χ3n) is 3.13. The Hall–Kier alpha value is -2.42. The first-order chi connectivity index (χ1) is 10.1. The molecular formula is C18H18FNO. The summed E-state index contributed by atoms with van der Waals surface area (Å²) in [6.45, 7) is 3.84. The molecule has 0 saturated heterocycles. The predicted molar refractivity (Wildman–Crippen MR) is 84.6 cm³/mol. The molecule has 0 aromatic heterocycles. The molecule has 0 aliphatic heterocycles. The second kappa shape index (κ2) is 6.84. The molecule has 108 valence electrons. The molecule has 2 rings (SSSR count). The molecule has 0 bridgehead atoms. The Balaban J connectivity index is 2.18. The highest BCUT2D eigenvalue weighted by Gasteiger charge is 2.10. The summed E-state index contributed by atoms with van der Waals surface area (Å²) >= 11 is 0. The Morgan fingerprint density at radius 2 is 1.81 bits per heavy atom. The van der Waals surface area contributed by atoms with E-state index in [1.165, 1.54) is 6.07 Å². The minimum Gasteiger partial charge on any atom is -0.322 e. The molecule has 0 radical (unpaired) electrons. The number of hydrogen-bond donors (Lipinski definition) is 1. The van der Waals surface area contributed by atoms with E-state index in [9.17, 15) is 9.18 Å². The average Bonchev–Trinajstić information content (AvgIpc) is 2.40. The van der Waals surface area contributed by atoms with Gasteiger partial charge in [0.2, 0.25) is 0 Å². The molecule has 21 heavy (non-hydrogen) atoms. The van der Waals surface area contributed by atoms with E-state index in [0.717, 1.165) is 0 Å². The Labute approximate surface area is 124 Å². The predicted octanol–water partition coefficient (Wildman–Crippen LogP) is 4.50. The summed E-state index contributed by atoms with van der Waals surface area (Å²) in [6, 6.07) is 4.64. The zero-order valence-electron chi connectivity index (χ0n) is 12.1. The van der Waals surface area contributed by atoms with Gasteiger partial charge in [-0.1, -0.05) is 44.2 Å². The summed E-state index contributed by atoms with van der Waals surface area (Å²) in [5.41, 5.74) is 1.74. The van der Waals surface area contributed by atoms with Crippen LogP contribution in [-0.2, 0) is 4.79 Å². The van der Waals surface area contributed by atoms with Crippen molar-refractivity contribution in [3.05, 3.63) is 77.7 Å². The SMILES string of the molecule is CC(C)c1cc(NC(=O)C2=C/C=C\C=C/C=C\2)ccc1F. The van der Waals surface area contributed by atoms with Crippen LogP contribution in [-0.4, -0.2) is 5.91 Å². The number of carbonyl (C=O) groups excluding carboxylic acids is 1. The molecule has 0 heterocycles. The summed E-state index contributed by atoms with van der Waals surface area (Å²) in [5.74, 6) is -0.399. The summed E-state index contributed by atoms with van der Waals surface area (Å²) < 4.78 is 13.7. The molecule has 1 amide bonds. The van der Waals surface area contributed by atoms with Crippen LogP contribution >= 0.6 is 0 Å². The molecule has 2 nitrogen and oxygen atoms in total. The van der Waals surface area contributed by atoms with Crippen molar-refractivity contribution in [2.75, 3.05) is 5.32 Å². The standard InChI is InChI=1S/C18H18FNO/c1-13(2)16-12-15(10-11-17(16)19)20-18(21)14-8-6-4-3-5-7-9-14/h3-13H,1-2H3,(H,20,21)/b4-3-,5-3?,6-4?,7-5-,8-6-,9-7?,14-8?,14-9+. The number of nitrogens with one attached hydrogen (secondary N) is 1. The van der Waals surface area contributed by atoms with Crippen LogP contribution in [0.3, 0.4) is 0 Å². The molecule has 1 N–H and O–H groups in total. The fraction of sp³-hybridized carbons (Fsp3) is 0.167. The lowest BCUT2D eigenvalue weighted by molar-refractivity contribution is -0.112. The van der Waals surface area contributed by atoms with Gasteiger partial charge in [0.05, 0.1) is 0 Å². The fourth-order valence-electron chi connectivity index (χ4n) is 1.99. The number of benzene rings is 1. The van der Waals surface area contributed by atoms with Crippen molar-refractivity contribution in [3.63, 3.8) is 0 Å². The van der Waals surface area contributed by atoms with E-state index in [1.807, 2.05) is 32.1 Å². The number of halogens is 1. The second-order valence-electron chi connectivity index (χ2n) is 5.10. The maximum absolute atomic E-state index is 13.7. The van der Waals surface area contributed by atoms with Gasteiger partial charge in [0.15, 0.2) is 0 Å². The van der Waals surface area contributed by atoms with E-state index in [4.69, 9.17) is 0 Å². The minimum atomic E-state index is -0.249. The van der Waals surface area contributed by atoms with Crippen LogP contribution in [0, 0.1) is 5.82 Å². The smallest absolute Gasteiger partial charge is 0.255 e. The molecule has 1 aliphatic rings. The van der Waals surface area contributed by atoms with Crippen LogP contribution in [0.2, 0.25) is 0 Å². The Morgan fingerprint density at radius 1 is 1.10 bits per heavy atom. The average molecular weight is 283 g/mol. The molecule has 0 fully saturated rings. The van der Waals surface area contributed by atoms with Gasteiger partial charge in [-0.25, -0.2) is 4.39 Å². The molecule has 1 aromatic rings. The highest BCUT2D eigenvalue weighted by atomic mass is 19.1. The monoisotopic (exact) mass is 283 g/mol. The first-order valence-electron chi connectivity index (χ1n) is 6.90. The number of amides is 1. The third kappa shape index (κ3) is 4.02. The van der Waals surface area contributed by atoms with Crippen molar-refractivity contribution in [1.29, 1.82) is 0 Å². The Morgan fingerprint density at radius 3 is 2.57 bits per heavy atom. The summed E-state index contributed by atoms with van der Waals surface area (Å²) in [6.07, 6.45) is 12.7. The van der Waals surface area contributed by atoms with Gasteiger partial charge in [0.1, 0.15) is 5.82 Å². The number of hydrogen-bond acceptors (Lipinski definition) is 1. The Bertz CT molecular complexity index is 651. The van der Waals surface area contributed by atoms with Crippen molar-refractivity contribution in [2.45, 2.75) is 19.8 Å². The van der Waals surface area contributed by atoms with Gasteiger partial charge in [0.25, 0.3) is 5.91 Å². The lowest BCUT2D eigenvalue weighted by Gasteiger charge is -2.11. The van der Waals surface area contributed by atoms with Crippen LogP contribution in [0.5, 0.6) is 0 Å². The molecular weight excluding hydrogens is 265 g/mol. The van der Waals surface area contributed by atoms with E-state index < -0.39 is 0 Å². The van der Waals surface area contributed by atoms with E-state index in [1.54, 1.807) is 36.4 Å². The summed E-state index contributed by atoms with van der Waals surface area (Å²) in [7, 11) is 0. The number of anilines is 1. The van der Waals surface area contributed by atoms with Gasteiger partial charge < -0.3 is 5.32 Å². The molecule has 0 atom stereocenters. The normalized spacial score (nSPS) is 20.9. The zero-order chi connectivity index (χ0) is 15.2. The van der Waals surface area contributed by atoms with Crippen LogP contribution in [0.15, 0.2) is 66.3 Å². The van der Waals surface area contributed by atoms with Gasteiger partial charge in [-0.15, -0.1) is 0 Å². The lowest BCUT2D eigenvalue weighted by Crippen LogP contribution is -2.13. The number of allylic oxidation sites excluding steroid dienone is 6. The maximum atomic E-state index is 13.7.